The van der Waals surface area contributed by atoms with Gasteiger partial charge in [-0.1, -0.05) is 37.4 Å². The van der Waals surface area contributed by atoms with E-state index in [4.69, 9.17) is 21.1 Å². The average molecular weight is 358 g/mol. The first-order chi connectivity index (χ1) is 11.4. The summed E-state index contributed by atoms with van der Waals surface area (Å²) < 4.78 is 9.96. The van der Waals surface area contributed by atoms with Crippen molar-refractivity contribution >= 4 is 29.2 Å². The monoisotopic (exact) mass is 357 g/mol. The molecule has 132 valence electrons. The van der Waals surface area contributed by atoms with Crippen LogP contribution in [0.25, 0.3) is 0 Å². The van der Waals surface area contributed by atoms with Crippen LogP contribution in [0.4, 0.5) is 5.69 Å². The SMILES string of the molecule is CCCCCOC(=O)CCC(=O)OCc1ccc(Cl)c([N+](=O)[O-])c1. The Morgan fingerprint density at radius 3 is 2.46 bits per heavy atom. The first-order valence-electron chi connectivity index (χ1n) is 7.68. The second-order valence-electron chi connectivity index (χ2n) is 5.13. The summed E-state index contributed by atoms with van der Waals surface area (Å²) in [6.07, 6.45) is 2.69. The minimum absolute atomic E-state index is 0.0147. The summed E-state index contributed by atoms with van der Waals surface area (Å²) in [6.45, 7) is 2.28. The van der Waals surface area contributed by atoms with Crippen LogP contribution in [-0.4, -0.2) is 23.5 Å². The maximum atomic E-state index is 11.6. The largest absolute Gasteiger partial charge is 0.466 e. The fraction of sp³-hybridized carbons (Fsp3) is 0.500. The highest BCUT2D eigenvalue weighted by Crippen LogP contribution is 2.25. The van der Waals surface area contributed by atoms with Crippen molar-refractivity contribution in [3.8, 4) is 0 Å². The van der Waals surface area contributed by atoms with E-state index in [1.165, 1.54) is 18.2 Å². The third kappa shape index (κ3) is 7.41. The molecule has 0 aliphatic rings. The van der Waals surface area contributed by atoms with Gasteiger partial charge in [-0.25, -0.2) is 0 Å². The van der Waals surface area contributed by atoms with Gasteiger partial charge in [-0.05, 0) is 18.1 Å². The highest BCUT2D eigenvalue weighted by Gasteiger charge is 2.14. The van der Waals surface area contributed by atoms with Crippen molar-refractivity contribution in [1.29, 1.82) is 0 Å². The Balaban J connectivity index is 2.32. The smallest absolute Gasteiger partial charge is 0.306 e. The molecule has 24 heavy (non-hydrogen) atoms. The number of carbonyl (C=O) groups is 2. The molecule has 1 aromatic rings. The quantitative estimate of drug-likeness (QED) is 0.273. The Hall–Kier alpha value is -2.15. The molecule has 0 unspecified atom stereocenters. The zero-order chi connectivity index (χ0) is 17.9. The molecule has 0 heterocycles. The van der Waals surface area contributed by atoms with Crippen LogP contribution in [0, 0.1) is 10.1 Å². The predicted molar refractivity (Wildman–Crippen MR) is 87.6 cm³/mol. The maximum Gasteiger partial charge on any atom is 0.306 e. The van der Waals surface area contributed by atoms with E-state index in [9.17, 15) is 19.7 Å². The molecule has 0 aromatic heterocycles. The summed E-state index contributed by atoms with van der Waals surface area (Å²) in [4.78, 5) is 33.2. The van der Waals surface area contributed by atoms with Gasteiger partial charge < -0.3 is 9.47 Å². The van der Waals surface area contributed by atoms with Gasteiger partial charge >= 0.3 is 11.9 Å². The number of halogens is 1. The van der Waals surface area contributed by atoms with Crippen molar-refractivity contribution in [3.05, 3.63) is 38.9 Å². The molecule has 0 spiro atoms. The molecule has 0 saturated carbocycles. The molecular weight excluding hydrogens is 338 g/mol. The Morgan fingerprint density at radius 1 is 1.17 bits per heavy atom. The zero-order valence-corrected chi connectivity index (χ0v) is 14.2. The summed E-state index contributed by atoms with van der Waals surface area (Å²) in [5.74, 6) is -1.01. The molecule has 0 amide bonds. The molecule has 0 atom stereocenters. The van der Waals surface area contributed by atoms with Gasteiger partial charge in [-0.15, -0.1) is 0 Å². The number of nitro groups is 1. The van der Waals surface area contributed by atoms with Crippen LogP contribution in [0.1, 0.15) is 44.6 Å². The maximum absolute atomic E-state index is 11.6. The Morgan fingerprint density at radius 2 is 1.83 bits per heavy atom. The zero-order valence-electron chi connectivity index (χ0n) is 13.5. The summed E-state index contributed by atoms with van der Waals surface area (Å²) in [5, 5.41) is 10.8. The molecule has 0 bridgehead atoms. The fourth-order valence-corrected chi connectivity index (χ4v) is 2.02. The minimum atomic E-state index is -0.609. The number of nitrogens with zero attached hydrogens (tertiary/aromatic N) is 1. The molecule has 1 aromatic carbocycles. The van der Waals surface area contributed by atoms with Crippen LogP contribution in [0.15, 0.2) is 18.2 Å². The van der Waals surface area contributed by atoms with Crippen molar-refractivity contribution in [2.75, 3.05) is 6.61 Å². The number of hydrogen-bond acceptors (Lipinski definition) is 6. The van der Waals surface area contributed by atoms with Crippen LogP contribution < -0.4 is 0 Å². The number of esters is 2. The molecule has 0 fully saturated rings. The second-order valence-corrected chi connectivity index (χ2v) is 5.54. The molecule has 0 N–H and O–H groups in total. The number of unbranched alkanes of at least 4 members (excludes halogenated alkanes) is 2. The van der Waals surface area contributed by atoms with E-state index in [2.05, 4.69) is 0 Å². The molecule has 0 aliphatic heterocycles. The van der Waals surface area contributed by atoms with Gasteiger partial charge in [0.1, 0.15) is 11.6 Å². The lowest BCUT2D eigenvalue weighted by Gasteiger charge is -2.06. The molecular formula is C16H20ClNO6. The van der Waals surface area contributed by atoms with Crippen molar-refractivity contribution in [3.63, 3.8) is 0 Å². The second kappa shape index (κ2) is 10.6. The Bertz CT molecular complexity index is 590. The molecule has 7 nitrogen and oxygen atoms in total. The lowest BCUT2D eigenvalue weighted by atomic mass is 10.2. The molecule has 1 rings (SSSR count). The van der Waals surface area contributed by atoms with Crippen molar-refractivity contribution < 1.29 is 24.0 Å². The van der Waals surface area contributed by atoms with Crippen molar-refractivity contribution in [1.82, 2.24) is 0 Å². The highest BCUT2D eigenvalue weighted by molar-refractivity contribution is 6.32. The molecule has 0 saturated heterocycles. The number of hydrogen-bond donors (Lipinski definition) is 0. The van der Waals surface area contributed by atoms with Gasteiger partial charge in [0.2, 0.25) is 0 Å². The van der Waals surface area contributed by atoms with Crippen LogP contribution in [0.3, 0.4) is 0 Å². The van der Waals surface area contributed by atoms with Gasteiger partial charge in [0.05, 0.1) is 24.4 Å². The Kier molecular flexibility index (Phi) is 8.78. The Labute approximate surface area is 145 Å². The fourth-order valence-electron chi connectivity index (χ4n) is 1.84. The average Bonchev–Trinajstić information content (AvgIpc) is 2.55. The highest BCUT2D eigenvalue weighted by atomic mass is 35.5. The van der Waals surface area contributed by atoms with Gasteiger partial charge in [-0.3, -0.25) is 19.7 Å². The van der Waals surface area contributed by atoms with E-state index < -0.39 is 16.9 Å². The number of nitro benzene ring substituents is 1. The van der Waals surface area contributed by atoms with E-state index in [-0.39, 0.29) is 30.2 Å². The first-order valence-corrected chi connectivity index (χ1v) is 8.06. The lowest BCUT2D eigenvalue weighted by molar-refractivity contribution is -0.384. The number of benzene rings is 1. The van der Waals surface area contributed by atoms with E-state index in [0.29, 0.717) is 12.2 Å². The van der Waals surface area contributed by atoms with Crippen LogP contribution >= 0.6 is 11.6 Å². The van der Waals surface area contributed by atoms with Crippen molar-refractivity contribution in [2.45, 2.75) is 45.6 Å². The molecule has 0 radical (unpaired) electrons. The summed E-state index contributed by atoms with van der Waals surface area (Å²) in [7, 11) is 0. The summed E-state index contributed by atoms with van der Waals surface area (Å²) in [5.41, 5.74) is 0.197. The number of rotatable bonds is 10. The molecule has 8 heteroatoms. The van der Waals surface area contributed by atoms with Crippen molar-refractivity contribution in [2.24, 2.45) is 0 Å². The van der Waals surface area contributed by atoms with Gasteiger partial charge in [0, 0.05) is 6.07 Å². The van der Waals surface area contributed by atoms with Gasteiger partial charge in [-0.2, -0.15) is 0 Å². The third-order valence-corrected chi connectivity index (χ3v) is 3.47. The summed E-state index contributed by atoms with van der Waals surface area (Å²) >= 11 is 5.70. The van der Waals surface area contributed by atoms with Crippen LogP contribution in [0.2, 0.25) is 5.02 Å². The number of carbonyl (C=O) groups excluding carboxylic acids is 2. The first kappa shape index (κ1) is 19.9. The van der Waals surface area contributed by atoms with Crippen LogP contribution in [-0.2, 0) is 25.7 Å². The molecule has 0 aliphatic carbocycles. The third-order valence-electron chi connectivity index (χ3n) is 3.15. The van der Waals surface area contributed by atoms with Gasteiger partial charge in [0.15, 0.2) is 0 Å². The summed E-state index contributed by atoms with van der Waals surface area (Å²) in [6, 6.07) is 4.15. The number of ether oxygens (including phenoxy) is 2. The predicted octanol–water partition coefficient (Wildman–Crippen LogP) is 3.81. The van der Waals surface area contributed by atoms with E-state index in [1.54, 1.807) is 0 Å². The van der Waals surface area contributed by atoms with E-state index >= 15 is 0 Å². The van der Waals surface area contributed by atoms with E-state index in [1.807, 2.05) is 6.92 Å². The van der Waals surface area contributed by atoms with Gasteiger partial charge in [0.25, 0.3) is 5.69 Å². The van der Waals surface area contributed by atoms with E-state index in [0.717, 1.165) is 19.3 Å². The standard InChI is InChI=1S/C16H20ClNO6/c1-2-3-4-9-23-15(19)7-8-16(20)24-11-12-5-6-13(17)14(10-12)18(21)22/h5-6,10H,2-4,7-9,11H2,1H3. The van der Waals surface area contributed by atoms with Crippen LogP contribution in [0.5, 0.6) is 0 Å². The lowest BCUT2D eigenvalue weighted by Crippen LogP contribution is -2.11. The normalized spacial score (nSPS) is 10.2. The minimum Gasteiger partial charge on any atom is -0.466 e. The topological polar surface area (TPSA) is 95.7 Å².